The number of hydrogen-bond donors (Lipinski definition) is 2. The molecule has 17 heavy (non-hydrogen) atoms. The molecule has 1 aromatic rings. The van der Waals surface area contributed by atoms with Crippen LogP contribution in [0.4, 0.5) is 4.39 Å². The van der Waals surface area contributed by atoms with Crippen molar-refractivity contribution in [3.05, 3.63) is 29.1 Å². The van der Waals surface area contributed by atoms with Gasteiger partial charge in [0.25, 0.3) is 0 Å². The predicted octanol–water partition coefficient (Wildman–Crippen LogP) is 1.38. The molecule has 0 aromatic heterocycles. The molecule has 0 saturated heterocycles. The summed E-state index contributed by atoms with van der Waals surface area (Å²) in [4.78, 5) is 10.6. The summed E-state index contributed by atoms with van der Waals surface area (Å²) in [5, 5.41) is 17.9. The second kappa shape index (κ2) is 5.63. The minimum atomic E-state index is -1.51. The minimum absolute atomic E-state index is 0.105. The van der Waals surface area contributed by atoms with E-state index in [9.17, 15) is 14.3 Å². The number of carboxylic acid groups (broad SMARTS) is 1. The third-order valence-corrected chi connectivity index (χ3v) is 2.54. The fourth-order valence-corrected chi connectivity index (χ4v) is 1.69. The molecule has 0 bridgehead atoms. The molecular weight excluding hydrogens is 227 g/mol. The monoisotopic (exact) mass is 242 g/mol. The highest BCUT2D eigenvalue weighted by Gasteiger charge is 2.19. The Morgan fingerprint density at radius 1 is 1.53 bits per heavy atom. The SMILES string of the molecule is CCc1c(F)ccc(C[C@@H](O)C(=O)O)c1OC. The zero-order valence-electron chi connectivity index (χ0n) is 9.74. The van der Waals surface area contributed by atoms with Crippen LogP contribution in [0, 0.1) is 5.82 Å². The maximum absolute atomic E-state index is 13.5. The number of rotatable bonds is 5. The maximum atomic E-state index is 13.5. The molecular formula is C12H15FO4. The van der Waals surface area contributed by atoms with Gasteiger partial charge in [0.05, 0.1) is 7.11 Å². The van der Waals surface area contributed by atoms with Gasteiger partial charge in [-0.05, 0) is 18.1 Å². The van der Waals surface area contributed by atoms with Gasteiger partial charge >= 0.3 is 5.97 Å². The molecule has 4 nitrogen and oxygen atoms in total. The number of aliphatic hydroxyl groups is 1. The van der Waals surface area contributed by atoms with Crippen LogP contribution in [-0.4, -0.2) is 29.4 Å². The molecule has 1 atom stereocenters. The lowest BCUT2D eigenvalue weighted by Gasteiger charge is -2.14. The third kappa shape index (κ3) is 2.94. The Balaban J connectivity index is 3.12. The normalized spacial score (nSPS) is 12.2. The summed E-state index contributed by atoms with van der Waals surface area (Å²) in [5.41, 5.74) is 0.878. The molecule has 0 spiro atoms. The molecule has 2 N–H and O–H groups in total. The second-order valence-electron chi connectivity index (χ2n) is 3.63. The van der Waals surface area contributed by atoms with E-state index in [4.69, 9.17) is 9.84 Å². The Kier molecular flexibility index (Phi) is 4.45. The zero-order chi connectivity index (χ0) is 13.0. The van der Waals surface area contributed by atoms with Crippen LogP contribution in [0.2, 0.25) is 0 Å². The molecule has 0 saturated carbocycles. The van der Waals surface area contributed by atoms with Gasteiger partial charge in [-0.25, -0.2) is 9.18 Å². The Bertz CT molecular complexity index is 417. The van der Waals surface area contributed by atoms with Gasteiger partial charge < -0.3 is 14.9 Å². The summed E-state index contributed by atoms with van der Waals surface area (Å²) in [6.45, 7) is 1.78. The topological polar surface area (TPSA) is 66.8 Å². The summed E-state index contributed by atoms with van der Waals surface area (Å²) in [6.07, 6.45) is -1.18. The standard InChI is InChI=1S/C12H15FO4/c1-3-8-9(13)5-4-7(11(8)17-2)6-10(14)12(15)16/h4-5,10,14H,3,6H2,1-2H3,(H,15,16)/t10-/m1/s1. The van der Waals surface area contributed by atoms with Gasteiger partial charge in [-0.3, -0.25) is 0 Å². The number of aliphatic carboxylic acids is 1. The minimum Gasteiger partial charge on any atom is -0.496 e. The first-order valence-corrected chi connectivity index (χ1v) is 5.26. The average molecular weight is 242 g/mol. The fourth-order valence-electron chi connectivity index (χ4n) is 1.69. The Labute approximate surface area is 98.7 Å². The first kappa shape index (κ1) is 13.4. The van der Waals surface area contributed by atoms with Crippen LogP contribution in [0.1, 0.15) is 18.1 Å². The van der Waals surface area contributed by atoms with Crippen LogP contribution < -0.4 is 4.74 Å². The first-order chi connectivity index (χ1) is 8.01. The van der Waals surface area contributed by atoms with Crippen molar-refractivity contribution in [2.75, 3.05) is 7.11 Å². The molecule has 0 heterocycles. The highest BCUT2D eigenvalue weighted by Crippen LogP contribution is 2.28. The number of carboxylic acids is 1. The summed E-state index contributed by atoms with van der Waals surface area (Å²) >= 11 is 0. The van der Waals surface area contributed by atoms with Crippen molar-refractivity contribution >= 4 is 5.97 Å². The number of benzene rings is 1. The Morgan fingerprint density at radius 2 is 2.18 bits per heavy atom. The molecule has 0 radical (unpaired) electrons. The number of aliphatic hydroxyl groups excluding tert-OH is 1. The zero-order valence-corrected chi connectivity index (χ0v) is 9.74. The van der Waals surface area contributed by atoms with Crippen molar-refractivity contribution in [2.24, 2.45) is 0 Å². The molecule has 1 aromatic carbocycles. The molecule has 0 aliphatic heterocycles. The smallest absolute Gasteiger partial charge is 0.332 e. The van der Waals surface area contributed by atoms with Crippen LogP contribution in [-0.2, 0) is 17.6 Å². The Hall–Kier alpha value is -1.62. The van der Waals surface area contributed by atoms with E-state index < -0.39 is 17.9 Å². The van der Waals surface area contributed by atoms with Gasteiger partial charge in [-0.2, -0.15) is 0 Å². The van der Waals surface area contributed by atoms with Crippen LogP contribution in [0.3, 0.4) is 0 Å². The van der Waals surface area contributed by atoms with Crippen LogP contribution in [0.25, 0.3) is 0 Å². The van der Waals surface area contributed by atoms with Crippen molar-refractivity contribution in [3.8, 4) is 5.75 Å². The van der Waals surface area contributed by atoms with E-state index in [0.29, 0.717) is 23.3 Å². The maximum Gasteiger partial charge on any atom is 0.332 e. The third-order valence-electron chi connectivity index (χ3n) is 2.54. The average Bonchev–Trinajstić information content (AvgIpc) is 2.30. The summed E-state index contributed by atoms with van der Waals surface area (Å²) in [7, 11) is 1.39. The number of carbonyl (C=O) groups is 1. The van der Waals surface area contributed by atoms with E-state index in [1.54, 1.807) is 6.92 Å². The summed E-state index contributed by atoms with van der Waals surface area (Å²) < 4.78 is 18.5. The van der Waals surface area contributed by atoms with Crippen molar-refractivity contribution in [1.82, 2.24) is 0 Å². The molecule has 94 valence electrons. The van der Waals surface area contributed by atoms with Crippen molar-refractivity contribution in [2.45, 2.75) is 25.9 Å². The number of hydrogen-bond acceptors (Lipinski definition) is 3. The molecule has 0 aliphatic carbocycles. The number of ether oxygens (including phenoxy) is 1. The Morgan fingerprint density at radius 3 is 2.65 bits per heavy atom. The first-order valence-electron chi connectivity index (χ1n) is 5.26. The highest BCUT2D eigenvalue weighted by atomic mass is 19.1. The lowest BCUT2D eigenvalue weighted by molar-refractivity contribution is -0.146. The van der Waals surface area contributed by atoms with E-state index in [-0.39, 0.29) is 6.42 Å². The molecule has 0 amide bonds. The quantitative estimate of drug-likeness (QED) is 0.818. The van der Waals surface area contributed by atoms with E-state index in [2.05, 4.69) is 0 Å². The molecule has 1 rings (SSSR count). The van der Waals surface area contributed by atoms with Gasteiger partial charge in [0.15, 0.2) is 6.10 Å². The lowest BCUT2D eigenvalue weighted by Crippen LogP contribution is -2.22. The van der Waals surface area contributed by atoms with Crippen LogP contribution in [0.5, 0.6) is 5.75 Å². The van der Waals surface area contributed by atoms with E-state index in [1.165, 1.54) is 19.2 Å². The second-order valence-corrected chi connectivity index (χ2v) is 3.63. The van der Waals surface area contributed by atoms with Crippen LogP contribution in [0.15, 0.2) is 12.1 Å². The molecule has 5 heteroatoms. The van der Waals surface area contributed by atoms with Gasteiger partial charge in [-0.15, -0.1) is 0 Å². The van der Waals surface area contributed by atoms with Gasteiger partial charge in [-0.1, -0.05) is 13.0 Å². The van der Waals surface area contributed by atoms with Crippen molar-refractivity contribution in [1.29, 1.82) is 0 Å². The van der Waals surface area contributed by atoms with Crippen molar-refractivity contribution < 1.29 is 24.1 Å². The molecule has 0 fully saturated rings. The van der Waals surface area contributed by atoms with Gasteiger partial charge in [0.2, 0.25) is 0 Å². The number of methoxy groups -OCH3 is 1. The number of halogens is 1. The molecule has 0 unspecified atom stereocenters. The summed E-state index contributed by atoms with van der Waals surface area (Å²) in [5.74, 6) is -1.39. The predicted molar refractivity (Wildman–Crippen MR) is 59.7 cm³/mol. The largest absolute Gasteiger partial charge is 0.496 e. The van der Waals surface area contributed by atoms with E-state index >= 15 is 0 Å². The fraction of sp³-hybridized carbons (Fsp3) is 0.417. The van der Waals surface area contributed by atoms with Crippen LogP contribution >= 0.6 is 0 Å². The van der Waals surface area contributed by atoms with E-state index in [1.807, 2.05) is 0 Å². The van der Waals surface area contributed by atoms with Gasteiger partial charge in [0.1, 0.15) is 11.6 Å². The van der Waals surface area contributed by atoms with Gasteiger partial charge in [0, 0.05) is 12.0 Å². The molecule has 0 aliphatic rings. The van der Waals surface area contributed by atoms with Crippen molar-refractivity contribution in [3.63, 3.8) is 0 Å². The van der Waals surface area contributed by atoms with E-state index in [0.717, 1.165) is 0 Å². The lowest BCUT2D eigenvalue weighted by atomic mass is 10.0. The summed E-state index contributed by atoms with van der Waals surface area (Å²) in [6, 6.07) is 2.69. The highest BCUT2D eigenvalue weighted by molar-refractivity contribution is 5.72.